The number of carbonyl (C=O) groups is 1. The van der Waals surface area contributed by atoms with Crippen molar-refractivity contribution in [1.82, 2.24) is 0 Å². The monoisotopic (exact) mass is 379 g/mol. The number of rotatable bonds is 4. The van der Waals surface area contributed by atoms with Crippen molar-refractivity contribution in [1.29, 1.82) is 0 Å². The molecule has 1 heterocycles. The van der Waals surface area contributed by atoms with Crippen molar-refractivity contribution in [3.05, 3.63) is 62.1 Å². The molecule has 25 heavy (non-hydrogen) atoms. The summed E-state index contributed by atoms with van der Waals surface area (Å²) >= 11 is 12.1. The van der Waals surface area contributed by atoms with Crippen LogP contribution < -0.4 is 10.2 Å². The molecule has 0 aromatic heterocycles. The number of nitro benzene ring substituents is 1. The molecule has 0 atom stereocenters. The van der Waals surface area contributed by atoms with Gasteiger partial charge in [-0.3, -0.25) is 14.9 Å². The third-order valence-electron chi connectivity index (χ3n) is 4.06. The zero-order chi connectivity index (χ0) is 18.0. The highest BCUT2D eigenvalue weighted by molar-refractivity contribution is 6.34. The maximum atomic E-state index is 12.3. The third kappa shape index (κ3) is 3.86. The molecule has 2 aromatic rings. The molecule has 2 aromatic carbocycles. The van der Waals surface area contributed by atoms with Gasteiger partial charge in [0.1, 0.15) is 5.02 Å². The summed E-state index contributed by atoms with van der Waals surface area (Å²) in [6.45, 7) is 1.94. The Morgan fingerprint density at radius 1 is 1.08 bits per heavy atom. The first-order chi connectivity index (χ1) is 12.0. The summed E-state index contributed by atoms with van der Waals surface area (Å²) in [6, 6.07) is 9.23. The average Bonchev–Trinajstić information content (AvgIpc) is 3.09. The number of nitrogens with zero attached hydrogens (tertiary/aromatic N) is 2. The molecule has 0 aliphatic carbocycles. The van der Waals surface area contributed by atoms with Crippen LogP contribution in [0.2, 0.25) is 10.0 Å². The van der Waals surface area contributed by atoms with Crippen LogP contribution in [0.4, 0.5) is 17.1 Å². The maximum Gasteiger partial charge on any atom is 0.288 e. The van der Waals surface area contributed by atoms with E-state index < -0.39 is 10.8 Å². The lowest BCUT2D eigenvalue weighted by molar-refractivity contribution is -0.384. The Hall–Kier alpha value is -2.31. The van der Waals surface area contributed by atoms with Crippen LogP contribution >= 0.6 is 23.2 Å². The van der Waals surface area contributed by atoms with Gasteiger partial charge in [-0.25, -0.2) is 0 Å². The van der Waals surface area contributed by atoms with Crippen LogP contribution in [0, 0.1) is 10.1 Å². The lowest BCUT2D eigenvalue weighted by Crippen LogP contribution is -2.18. The van der Waals surface area contributed by atoms with Crippen molar-refractivity contribution in [2.24, 2.45) is 0 Å². The molecule has 0 radical (unpaired) electrons. The van der Waals surface area contributed by atoms with Crippen LogP contribution in [0.5, 0.6) is 0 Å². The number of nitro groups is 1. The fourth-order valence-corrected chi connectivity index (χ4v) is 3.28. The maximum absolute atomic E-state index is 12.3. The molecule has 3 rings (SSSR count). The highest BCUT2D eigenvalue weighted by atomic mass is 35.5. The van der Waals surface area contributed by atoms with E-state index in [9.17, 15) is 14.9 Å². The van der Waals surface area contributed by atoms with Gasteiger partial charge in [0.2, 0.25) is 0 Å². The van der Waals surface area contributed by atoms with Gasteiger partial charge in [-0.1, -0.05) is 23.2 Å². The summed E-state index contributed by atoms with van der Waals surface area (Å²) in [4.78, 5) is 24.8. The second-order valence-electron chi connectivity index (χ2n) is 5.74. The normalized spacial score (nSPS) is 13.8. The highest BCUT2D eigenvalue weighted by Gasteiger charge is 2.18. The lowest BCUT2D eigenvalue weighted by Gasteiger charge is -2.19. The zero-order valence-electron chi connectivity index (χ0n) is 13.2. The Bertz CT molecular complexity index is 836. The number of hydrogen-bond acceptors (Lipinski definition) is 4. The Balaban J connectivity index is 1.78. The number of hydrogen-bond donors (Lipinski definition) is 1. The van der Waals surface area contributed by atoms with Crippen LogP contribution in [-0.4, -0.2) is 23.9 Å². The van der Waals surface area contributed by atoms with Gasteiger partial charge in [-0.15, -0.1) is 0 Å². The molecule has 130 valence electrons. The number of halogens is 2. The molecular formula is C17H15Cl2N3O3. The summed E-state index contributed by atoms with van der Waals surface area (Å²) < 4.78 is 0. The standard InChI is InChI=1S/C17H15Cl2N3O3/c18-13-5-3-11(9-16(13)22(24)25)17(23)20-12-4-6-15(14(19)10-12)21-7-1-2-8-21/h3-6,9-10H,1-2,7-8H2,(H,20,23). The first-order valence-corrected chi connectivity index (χ1v) is 8.51. The van der Waals surface area contributed by atoms with Gasteiger partial charge in [0, 0.05) is 30.4 Å². The third-order valence-corrected chi connectivity index (χ3v) is 4.68. The average molecular weight is 380 g/mol. The van der Waals surface area contributed by atoms with Crippen LogP contribution in [0.1, 0.15) is 23.2 Å². The van der Waals surface area contributed by atoms with Gasteiger partial charge in [-0.05, 0) is 43.2 Å². The van der Waals surface area contributed by atoms with E-state index in [1.807, 2.05) is 6.07 Å². The van der Waals surface area contributed by atoms with E-state index >= 15 is 0 Å². The Morgan fingerprint density at radius 3 is 2.44 bits per heavy atom. The Labute approximate surface area is 154 Å². The minimum Gasteiger partial charge on any atom is -0.370 e. The molecule has 1 amide bonds. The number of amides is 1. The lowest BCUT2D eigenvalue weighted by atomic mass is 10.2. The first-order valence-electron chi connectivity index (χ1n) is 7.75. The van der Waals surface area contributed by atoms with Gasteiger partial charge >= 0.3 is 0 Å². The van der Waals surface area contributed by atoms with E-state index in [-0.39, 0.29) is 16.3 Å². The quantitative estimate of drug-likeness (QED) is 0.613. The largest absolute Gasteiger partial charge is 0.370 e. The van der Waals surface area contributed by atoms with Gasteiger partial charge in [-0.2, -0.15) is 0 Å². The molecule has 1 aliphatic rings. The van der Waals surface area contributed by atoms with Crippen LogP contribution in [0.3, 0.4) is 0 Å². The zero-order valence-corrected chi connectivity index (χ0v) is 14.7. The van der Waals surface area contributed by atoms with Gasteiger partial charge < -0.3 is 10.2 Å². The fourth-order valence-electron chi connectivity index (χ4n) is 2.80. The molecule has 6 nitrogen and oxygen atoms in total. The molecule has 0 bridgehead atoms. The topological polar surface area (TPSA) is 75.5 Å². The van der Waals surface area contributed by atoms with Crippen molar-refractivity contribution < 1.29 is 9.72 Å². The van der Waals surface area contributed by atoms with Crippen LogP contribution in [-0.2, 0) is 0 Å². The minimum atomic E-state index is -0.624. The molecule has 0 unspecified atom stereocenters. The van der Waals surface area contributed by atoms with Gasteiger partial charge in [0.25, 0.3) is 11.6 Å². The van der Waals surface area contributed by atoms with E-state index in [4.69, 9.17) is 23.2 Å². The number of nitrogens with one attached hydrogen (secondary N) is 1. The summed E-state index contributed by atoms with van der Waals surface area (Å²) in [6.07, 6.45) is 2.29. The first kappa shape index (κ1) is 17.5. The second kappa shape index (κ2) is 7.29. The molecule has 8 heteroatoms. The van der Waals surface area contributed by atoms with E-state index in [0.717, 1.165) is 37.7 Å². The number of carbonyl (C=O) groups excluding carboxylic acids is 1. The van der Waals surface area contributed by atoms with Gasteiger partial charge in [0.15, 0.2) is 0 Å². The Morgan fingerprint density at radius 2 is 1.80 bits per heavy atom. The summed E-state index contributed by atoms with van der Waals surface area (Å²) in [5, 5.41) is 14.2. The molecular weight excluding hydrogens is 365 g/mol. The van der Waals surface area contributed by atoms with E-state index in [1.54, 1.807) is 12.1 Å². The Kier molecular flexibility index (Phi) is 5.11. The van der Waals surface area contributed by atoms with E-state index in [2.05, 4.69) is 10.2 Å². The van der Waals surface area contributed by atoms with Crippen molar-refractivity contribution >= 4 is 46.2 Å². The highest BCUT2D eigenvalue weighted by Crippen LogP contribution is 2.31. The minimum absolute atomic E-state index is 0.0143. The van der Waals surface area contributed by atoms with Crippen molar-refractivity contribution in [3.63, 3.8) is 0 Å². The van der Waals surface area contributed by atoms with Gasteiger partial charge in [0.05, 0.1) is 15.6 Å². The fraction of sp³-hybridized carbons (Fsp3) is 0.235. The SMILES string of the molecule is O=C(Nc1ccc(N2CCCC2)c(Cl)c1)c1ccc(Cl)c([N+](=O)[O-])c1. The molecule has 1 saturated heterocycles. The van der Waals surface area contributed by atoms with E-state index in [1.165, 1.54) is 12.1 Å². The summed E-state index contributed by atoms with van der Waals surface area (Å²) in [5.41, 5.74) is 1.31. The van der Waals surface area contributed by atoms with E-state index in [0.29, 0.717) is 10.7 Å². The number of benzene rings is 2. The van der Waals surface area contributed by atoms with Crippen LogP contribution in [0.15, 0.2) is 36.4 Å². The smallest absolute Gasteiger partial charge is 0.288 e. The molecule has 1 aliphatic heterocycles. The summed E-state index contributed by atoms with van der Waals surface area (Å²) in [7, 11) is 0. The molecule has 1 fully saturated rings. The van der Waals surface area contributed by atoms with Crippen molar-refractivity contribution in [3.8, 4) is 0 Å². The van der Waals surface area contributed by atoms with Crippen LogP contribution in [0.25, 0.3) is 0 Å². The second-order valence-corrected chi connectivity index (χ2v) is 6.55. The molecule has 0 spiro atoms. The molecule has 1 N–H and O–H groups in total. The summed E-state index contributed by atoms with van der Waals surface area (Å²) in [5.74, 6) is -0.468. The molecule has 0 saturated carbocycles. The predicted octanol–water partition coefficient (Wildman–Crippen LogP) is 4.75. The van der Waals surface area contributed by atoms with Crippen molar-refractivity contribution in [2.45, 2.75) is 12.8 Å². The predicted molar refractivity (Wildman–Crippen MR) is 99.0 cm³/mol. The number of anilines is 2. The van der Waals surface area contributed by atoms with Crippen molar-refractivity contribution in [2.75, 3.05) is 23.3 Å².